The summed E-state index contributed by atoms with van der Waals surface area (Å²) in [5.41, 5.74) is 3.84. The van der Waals surface area contributed by atoms with Gasteiger partial charge in [0.05, 0.1) is 18.8 Å². The molecule has 0 bridgehead atoms. The highest BCUT2D eigenvalue weighted by atomic mass is 16.5. The van der Waals surface area contributed by atoms with E-state index in [1.807, 2.05) is 18.2 Å². The average molecular weight is 280 g/mol. The van der Waals surface area contributed by atoms with Crippen molar-refractivity contribution in [3.8, 4) is 5.75 Å². The number of hydrazine groups is 1. The third kappa shape index (κ3) is 3.30. The fourth-order valence-corrected chi connectivity index (χ4v) is 2.84. The second-order valence-electron chi connectivity index (χ2n) is 5.16. The van der Waals surface area contributed by atoms with Crippen LogP contribution in [0.1, 0.15) is 18.4 Å². The monoisotopic (exact) mass is 280 g/mol. The number of nitrogens with one attached hydrogen (secondary N) is 1. The first-order valence-electron chi connectivity index (χ1n) is 6.96. The molecule has 5 nitrogen and oxygen atoms in total. The standard InChI is InChI=1S/C15H24N2O3/c1-18-13-5-3-4-12(10-13)11-14(17-16)15(19-2)6-8-20-9-7-15/h3-5,10,14,17H,6-9,11,16H2,1-2H3. The molecule has 2 rings (SSSR count). The maximum Gasteiger partial charge on any atom is 0.119 e. The summed E-state index contributed by atoms with van der Waals surface area (Å²) >= 11 is 0. The van der Waals surface area contributed by atoms with Crippen LogP contribution in [0.15, 0.2) is 24.3 Å². The maximum absolute atomic E-state index is 5.81. The number of ether oxygens (including phenoxy) is 3. The summed E-state index contributed by atoms with van der Waals surface area (Å²) < 4.78 is 16.5. The Morgan fingerprint density at radius 3 is 2.70 bits per heavy atom. The molecule has 1 fully saturated rings. The van der Waals surface area contributed by atoms with Crippen LogP contribution in [0.3, 0.4) is 0 Å². The fraction of sp³-hybridized carbons (Fsp3) is 0.600. The van der Waals surface area contributed by atoms with Crippen LogP contribution in [0.25, 0.3) is 0 Å². The molecule has 5 heteroatoms. The zero-order valence-electron chi connectivity index (χ0n) is 12.2. The lowest BCUT2D eigenvalue weighted by molar-refractivity contribution is -0.110. The number of nitrogens with two attached hydrogens (primary N) is 1. The summed E-state index contributed by atoms with van der Waals surface area (Å²) in [6, 6.07) is 8.09. The van der Waals surface area contributed by atoms with Crippen molar-refractivity contribution in [1.29, 1.82) is 0 Å². The molecule has 112 valence electrons. The Morgan fingerprint density at radius 1 is 1.35 bits per heavy atom. The molecule has 0 radical (unpaired) electrons. The van der Waals surface area contributed by atoms with E-state index < -0.39 is 0 Å². The highest BCUT2D eigenvalue weighted by Gasteiger charge is 2.40. The number of hydrogen-bond donors (Lipinski definition) is 2. The number of benzene rings is 1. The van der Waals surface area contributed by atoms with E-state index in [0.29, 0.717) is 13.2 Å². The molecular weight excluding hydrogens is 256 g/mol. The van der Waals surface area contributed by atoms with Gasteiger partial charge >= 0.3 is 0 Å². The summed E-state index contributed by atoms with van der Waals surface area (Å²) in [5, 5.41) is 0. The Balaban J connectivity index is 2.14. The van der Waals surface area contributed by atoms with Gasteiger partial charge in [-0.15, -0.1) is 0 Å². The molecule has 1 aromatic rings. The number of methoxy groups -OCH3 is 2. The van der Waals surface area contributed by atoms with Crippen molar-refractivity contribution >= 4 is 0 Å². The minimum atomic E-state index is -0.268. The van der Waals surface area contributed by atoms with Gasteiger partial charge in [-0.2, -0.15) is 0 Å². The predicted octanol–water partition coefficient (Wildman–Crippen LogP) is 1.27. The van der Waals surface area contributed by atoms with Gasteiger partial charge in [-0.25, -0.2) is 0 Å². The molecule has 0 amide bonds. The molecule has 1 atom stereocenters. The van der Waals surface area contributed by atoms with Gasteiger partial charge in [0.15, 0.2) is 0 Å². The predicted molar refractivity (Wildman–Crippen MR) is 77.6 cm³/mol. The first-order chi connectivity index (χ1) is 9.74. The van der Waals surface area contributed by atoms with Gasteiger partial charge in [0.25, 0.3) is 0 Å². The van der Waals surface area contributed by atoms with Crippen molar-refractivity contribution in [2.45, 2.75) is 30.9 Å². The molecule has 1 aromatic carbocycles. The third-order valence-electron chi connectivity index (χ3n) is 4.16. The Bertz CT molecular complexity index is 419. The van der Waals surface area contributed by atoms with Crippen LogP contribution in [0.4, 0.5) is 0 Å². The minimum absolute atomic E-state index is 0.0449. The number of rotatable bonds is 6. The van der Waals surface area contributed by atoms with Crippen molar-refractivity contribution in [2.75, 3.05) is 27.4 Å². The van der Waals surface area contributed by atoms with E-state index in [0.717, 1.165) is 25.0 Å². The van der Waals surface area contributed by atoms with Crippen LogP contribution >= 0.6 is 0 Å². The van der Waals surface area contributed by atoms with E-state index in [1.54, 1.807) is 14.2 Å². The van der Waals surface area contributed by atoms with Gasteiger partial charge in [0.2, 0.25) is 0 Å². The van der Waals surface area contributed by atoms with Crippen molar-refractivity contribution in [2.24, 2.45) is 5.84 Å². The fourth-order valence-electron chi connectivity index (χ4n) is 2.84. The summed E-state index contributed by atoms with van der Waals surface area (Å²) in [6.07, 6.45) is 2.49. The number of hydrogen-bond acceptors (Lipinski definition) is 5. The Hall–Kier alpha value is -1.14. The molecule has 1 saturated heterocycles. The lowest BCUT2D eigenvalue weighted by atomic mass is 9.83. The maximum atomic E-state index is 5.81. The van der Waals surface area contributed by atoms with E-state index in [-0.39, 0.29) is 11.6 Å². The molecule has 3 N–H and O–H groups in total. The van der Waals surface area contributed by atoms with Crippen LogP contribution in [0, 0.1) is 0 Å². The lowest BCUT2D eigenvalue weighted by Crippen LogP contribution is -2.58. The first-order valence-corrected chi connectivity index (χ1v) is 6.96. The quantitative estimate of drug-likeness (QED) is 0.607. The van der Waals surface area contributed by atoms with Crippen LogP contribution in [-0.2, 0) is 15.9 Å². The van der Waals surface area contributed by atoms with Crippen molar-refractivity contribution in [3.05, 3.63) is 29.8 Å². The van der Waals surface area contributed by atoms with Gasteiger partial charge in [-0.1, -0.05) is 12.1 Å². The first kappa shape index (κ1) is 15.3. The molecule has 0 aromatic heterocycles. The molecule has 1 aliphatic heterocycles. The minimum Gasteiger partial charge on any atom is -0.497 e. The van der Waals surface area contributed by atoms with Crippen LogP contribution in [-0.4, -0.2) is 39.1 Å². The van der Waals surface area contributed by atoms with E-state index >= 15 is 0 Å². The summed E-state index contributed by atoms with van der Waals surface area (Å²) in [6.45, 7) is 1.42. The van der Waals surface area contributed by atoms with Crippen LogP contribution in [0.5, 0.6) is 5.75 Å². The summed E-state index contributed by atoms with van der Waals surface area (Å²) in [5.74, 6) is 6.64. The molecule has 1 aliphatic rings. The van der Waals surface area contributed by atoms with Crippen LogP contribution < -0.4 is 16.0 Å². The summed E-state index contributed by atoms with van der Waals surface area (Å²) in [4.78, 5) is 0. The van der Waals surface area contributed by atoms with Gasteiger partial charge in [0, 0.05) is 33.2 Å². The molecule has 1 unspecified atom stereocenters. The Morgan fingerprint density at radius 2 is 2.10 bits per heavy atom. The van der Waals surface area contributed by atoms with Crippen molar-refractivity contribution in [3.63, 3.8) is 0 Å². The van der Waals surface area contributed by atoms with Gasteiger partial charge < -0.3 is 14.2 Å². The second kappa shape index (κ2) is 7.04. The third-order valence-corrected chi connectivity index (χ3v) is 4.16. The Kier molecular flexibility index (Phi) is 5.37. The molecule has 20 heavy (non-hydrogen) atoms. The highest BCUT2D eigenvalue weighted by Crippen LogP contribution is 2.30. The average Bonchev–Trinajstić information content (AvgIpc) is 2.53. The molecule has 0 aliphatic carbocycles. The van der Waals surface area contributed by atoms with Gasteiger partial charge in [-0.05, 0) is 24.1 Å². The van der Waals surface area contributed by atoms with E-state index in [4.69, 9.17) is 20.1 Å². The van der Waals surface area contributed by atoms with E-state index in [1.165, 1.54) is 5.56 Å². The second-order valence-corrected chi connectivity index (χ2v) is 5.16. The molecular formula is C15H24N2O3. The van der Waals surface area contributed by atoms with Crippen molar-refractivity contribution < 1.29 is 14.2 Å². The largest absolute Gasteiger partial charge is 0.497 e. The topological polar surface area (TPSA) is 65.7 Å². The SMILES string of the molecule is COc1cccc(CC(NN)C2(OC)CCOCC2)c1. The zero-order chi connectivity index (χ0) is 14.4. The van der Waals surface area contributed by atoms with E-state index in [2.05, 4.69) is 11.5 Å². The molecule has 1 heterocycles. The van der Waals surface area contributed by atoms with Gasteiger partial charge in [-0.3, -0.25) is 11.3 Å². The zero-order valence-corrected chi connectivity index (χ0v) is 12.2. The van der Waals surface area contributed by atoms with Gasteiger partial charge in [0.1, 0.15) is 5.75 Å². The van der Waals surface area contributed by atoms with E-state index in [9.17, 15) is 0 Å². The molecule has 0 saturated carbocycles. The lowest BCUT2D eigenvalue weighted by Gasteiger charge is -2.42. The highest BCUT2D eigenvalue weighted by molar-refractivity contribution is 5.29. The van der Waals surface area contributed by atoms with Crippen LogP contribution in [0.2, 0.25) is 0 Å². The smallest absolute Gasteiger partial charge is 0.119 e. The van der Waals surface area contributed by atoms with Crippen molar-refractivity contribution in [1.82, 2.24) is 5.43 Å². The molecule has 0 spiro atoms. The normalized spacial score (nSPS) is 19.6. The summed E-state index contributed by atoms with van der Waals surface area (Å²) in [7, 11) is 3.42. The Labute approximate surface area is 120 Å².